The molecule has 0 aliphatic carbocycles. The summed E-state index contributed by atoms with van der Waals surface area (Å²) < 4.78 is 0. The molecule has 0 unspecified atom stereocenters. The highest BCUT2D eigenvalue weighted by Gasteiger charge is 2.14. The van der Waals surface area contributed by atoms with E-state index in [1.54, 1.807) is 0 Å². The molecule has 0 bridgehead atoms. The molecule has 86 valence electrons. The fourth-order valence-electron chi connectivity index (χ4n) is 1.34. The summed E-state index contributed by atoms with van der Waals surface area (Å²) in [6.45, 7) is 8.66. The van der Waals surface area contributed by atoms with Crippen LogP contribution in [0, 0.1) is 5.41 Å². The lowest BCUT2D eigenvalue weighted by Gasteiger charge is -2.21. The van der Waals surface area contributed by atoms with Gasteiger partial charge in [0, 0.05) is 18.6 Å². The first-order valence-corrected chi connectivity index (χ1v) is 5.94. The van der Waals surface area contributed by atoms with Crippen LogP contribution in [0.1, 0.15) is 52.9 Å². The summed E-state index contributed by atoms with van der Waals surface area (Å²) in [5, 5.41) is 12.4. The molecule has 14 heavy (non-hydrogen) atoms. The monoisotopic (exact) mass is 201 g/mol. The number of unbranched alkanes of at least 4 members (excludes halogenated alkanes) is 4. The minimum atomic E-state index is 0.0312. The van der Waals surface area contributed by atoms with Crippen LogP contribution in [0.5, 0.6) is 0 Å². The Bertz CT molecular complexity index is 123. The smallest absolute Gasteiger partial charge is 0.0494 e. The van der Waals surface area contributed by atoms with Crippen LogP contribution in [-0.4, -0.2) is 24.8 Å². The zero-order chi connectivity index (χ0) is 10.9. The summed E-state index contributed by atoms with van der Waals surface area (Å²) in [6.07, 6.45) is 6.64. The highest BCUT2D eigenvalue weighted by Crippen LogP contribution is 2.11. The first-order valence-electron chi connectivity index (χ1n) is 5.94. The molecule has 2 heteroatoms. The lowest BCUT2D eigenvalue weighted by Crippen LogP contribution is -2.32. The largest absolute Gasteiger partial charge is 0.396 e. The van der Waals surface area contributed by atoms with Crippen LogP contribution in [0.15, 0.2) is 0 Å². The number of rotatable bonds is 9. The van der Waals surface area contributed by atoms with Crippen LogP contribution < -0.4 is 5.32 Å². The lowest BCUT2D eigenvalue weighted by atomic mass is 9.95. The number of aliphatic hydroxyl groups is 1. The van der Waals surface area contributed by atoms with Gasteiger partial charge in [0.05, 0.1) is 0 Å². The van der Waals surface area contributed by atoms with Gasteiger partial charge in [-0.05, 0) is 13.0 Å². The Hall–Kier alpha value is -0.0800. The molecule has 0 spiro atoms. The summed E-state index contributed by atoms with van der Waals surface area (Å²) in [5.74, 6) is 0. The van der Waals surface area contributed by atoms with Crippen molar-refractivity contribution < 1.29 is 5.11 Å². The predicted octanol–water partition coefficient (Wildman–Crippen LogP) is 2.56. The number of hydrogen-bond acceptors (Lipinski definition) is 2. The van der Waals surface area contributed by atoms with Gasteiger partial charge in [0.25, 0.3) is 0 Å². The highest BCUT2D eigenvalue weighted by molar-refractivity contribution is 4.69. The second kappa shape index (κ2) is 8.25. The second-order valence-corrected chi connectivity index (χ2v) is 4.91. The van der Waals surface area contributed by atoms with Gasteiger partial charge < -0.3 is 10.4 Å². The summed E-state index contributed by atoms with van der Waals surface area (Å²) >= 11 is 0. The molecule has 0 saturated heterocycles. The van der Waals surface area contributed by atoms with Gasteiger partial charge in [-0.1, -0.05) is 46.5 Å². The molecule has 0 rings (SSSR count). The van der Waals surface area contributed by atoms with E-state index in [1.807, 2.05) is 0 Å². The summed E-state index contributed by atoms with van der Waals surface area (Å²) in [6, 6.07) is 0. The fraction of sp³-hybridized carbons (Fsp3) is 1.00. The van der Waals surface area contributed by atoms with Crippen LogP contribution in [0.2, 0.25) is 0 Å². The molecule has 0 heterocycles. The van der Waals surface area contributed by atoms with Crippen LogP contribution in [0.3, 0.4) is 0 Å². The van der Waals surface area contributed by atoms with Crippen LogP contribution in [0.4, 0.5) is 0 Å². The third-order valence-electron chi connectivity index (χ3n) is 2.49. The third-order valence-corrected chi connectivity index (χ3v) is 2.49. The SMILES string of the molecule is CCCCCCCNCC(C)(C)CO. The molecular weight excluding hydrogens is 174 g/mol. The van der Waals surface area contributed by atoms with E-state index in [0.29, 0.717) is 0 Å². The maximum absolute atomic E-state index is 9.03. The van der Waals surface area contributed by atoms with Gasteiger partial charge in [-0.2, -0.15) is 0 Å². The molecule has 0 fully saturated rings. The first kappa shape index (κ1) is 13.9. The molecular formula is C12H27NO. The predicted molar refractivity (Wildman–Crippen MR) is 62.5 cm³/mol. The molecule has 0 aromatic carbocycles. The van der Waals surface area contributed by atoms with Crippen LogP contribution in [-0.2, 0) is 0 Å². The van der Waals surface area contributed by atoms with Crippen molar-refractivity contribution in [3.63, 3.8) is 0 Å². The van der Waals surface area contributed by atoms with Gasteiger partial charge in [-0.3, -0.25) is 0 Å². The molecule has 0 aromatic rings. The fourth-order valence-corrected chi connectivity index (χ4v) is 1.34. The molecule has 2 nitrogen and oxygen atoms in total. The molecule has 0 radical (unpaired) electrons. The highest BCUT2D eigenvalue weighted by atomic mass is 16.3. The van der Waals surface area contributed by atoms with Crippen molar-refractivity contribution in [2.45, 2.75) is 52.9 Å². The summed E-state index contributed by atoms with van der Waals surface area (Å²) in [4.78, 5) is 0. The van der Waals surface area contributed by atoms with E-state index in [-0.39, 0.29) is 12.0 Å². The van der Waals surface area contributed by atoms with Crippen molar-refractivity contribution in [3.05, 3.63) is 0 Å². The molecule has 0 amide bonds. The standard InChI is InChI=1S/C12H27NO/c1-4-5-6-7-8-9-13-10-12(2,3)11-14/h13-14H,4-11H2,1-3H3. The summed E-state index contributed by atoms with van der Waals surface area (Å²) in [7, 11) is 0. The van der Waals surface area contributed by atoms with Gasteiger partial charge in [0.15, 0.2) is 0 Å². The quantitative estimate of drug-likeness (QED) is 0.562. The Labute approximate surface area is 89.1 Å². The summed E-state index contributed by atoms with van der Waals surface area (Å²) in [5.41, 5.74) is 0.0312. The van der Waals surface area contributed by atoms with Gasteiger partial charge in [-0.15, -0.1) is 0 Å². The Kier molecular flexibility index (Phi) is 8.20. The zero-order valence-electron chi connectivity index (χ0n) is 10.1. The lowest BCUT2D eigenvalue weighted by molar-refractivity contribution is 0.157. The molecule has 0 aliphatic heterocycles. The first-order chi connectivity index (χ1) is 6.62. The zero-order valence-corrected chi connectivity index (χ0v) is 10.1. The van der Waals surface area contributed by atoms with Gasteiger partial charge in [0.1, 0.15) is 0 Å². The van der Waals surface area contributed by atoms with Gasteiger partial charge in [-0.25, -0.2) is 0 Å². The third kappa shape index (κ3) is 8.52. The number of nitrogens with one attached hydrogen (secondary N) is 1. The average Bonchev–Trinajstić information content (AvgIpc) is 2.16. The maximum atomic E-state index is 9.03. The Morgan fingerprint density at radius 3 is 2.29 bits per heavy atom. The minimum absolute atomic E-state index is 0.0312. The Balaban J connectivity index is 3.13. The van der Waals surface area contributed by atoms with Crippen molar-refractivity contribution in [2.75, 3.05) is 19.7 Å². The maximum Gasteiger partial charge on any atom is 0.0494 e. The topological polar surface area (TPSA) is 32.3 Å². The Morgan fingerprint density at radius 1 is 1.07 bits per heavy atom. The van der Waals surface area contributed by atoms with Crippen molar-refractivity contribution in [3.8, 4) is 0 Å². The average molecular weight is 201 g/mol. The van der Waals surface area contributed by atoms with E-state index in [2.05, 4.69) is 26.1 Å². The van der Waals surface area contributed by atoms with Crippen LogP contribution in [0.25, 0.3) is 0 Å². The van der Waals surface area contributed by atoms with Crippen molar-refractivity contribution in [1.29, 1.82) is 0 Å². The molecule has 0 atom stereocenters. The Morgan fingerprint density at radius 2 is 1.71 bits per heavy atom. The molecule has 2 N–H and O–H groups in total. The van der Waals surface area contributed by atoms with E-state index in [9.17, 15) is 0 Å². The minimum Gasteiger partial charge on any atom is -0.396 e. The molecule has 0 saturated carbocycles. The van der Waals surface area contributed by atoms with Gasteiger partial charge in [0.2, 0.25) is 0 Å². The van der Waals surface area contributed by atoms with Crippen molar-refractivity contribution >= 4 is 0 Å². The number of hydrogen-bond donors (Lipinski definition) is 2. The number of aliphatic hydroxyl groups excluding tert-OH is 1. The van der Waals surface area contributed by atoms with E-state index >= 15 is 0 Å². The van der Waals surface area contributed by atoms with Crippen molar-refractivity contribution in [1.82, 2.24) is 5.32 Å². The van der Waals surface area contributed by atoms with Crippen molar-refractivity contribution in [2.24, 2.45) is 5.41 Å². The van der Waals surface area contributed by atoms with E-state index in [4.69, 9.17) is 5.11 Å². The molecule has 0 aliphatic rings. The second-order valence-electron chi connectivity index (χ2n) is 4.91. The van der Waals surface area contributed by atoms with E-state index in [1.165, 1.54) is 32.1 Å². The molecule has 0 aromatic heterocycles. The van der Waals surface area contributed by atoms with Gasteiger partial charge >= 0.3 is 0 Å². The normalized spacial score (nSPS) is 12.0. The van der Waals surface area contributed by atoms with Crippen LogP contribution >= 0.6 is 0 Å². The van der Waals surface area contributed by atoms with E-state index < -0.39 is 0 Å². The van der Waals surface area contributed by atoms with E-state index in [0.717, 1.165) is 13.1 Å².